The van der Waals surface area contributed by atoms with Crippen LogP contribution in [0.25, 0.3) is 22.0 Å². The number of halogens is 2. The number of amides is 1. The van der Waals surface area contributed by atoms with Crippen LogP contribution < -0.4 is 14.9 Å². The molecule has 1 aromatic heterocycles. The first-order chi connectivity index (χ1) is 19.9. The molecule has 0 spiro atoms. The van der Waals surface area contributed by atoms with E-state index in [1.54, 1.807) is 48.5 Å². The number of fused-ring (bicyclic) bond motifs is 1. The number of benzene rings is 4. The molecule has 0 atom stereocenters. The first-order valence-electron chi connectivity index (χ1n) is 12.8. The number of methoxy groups -OCH3 is 1. The van der Waals surface area contributed by atoms with Gasteiger partial charge in [0.1, 0.15) is 5.69 Å². The van der Waals surface area contributed by atoms with Crippen molar-refractivity contribution in [3.8, 4) is 22.6 Å². The van der Waals surface area contributed by atoms with Gasteiger partial charge in [0.25, 0.3) is 5.91 Å². The predicted molar refractivity (Wildman–Crippen MR) is 165 cm³/mol. The topological polar surface area (TPSA) is 92.8 Å². The number of para-hydroxylation sites is 1. The number of carbonyl (C=O) groups excluding carboxylic acids is 2. The Morgan fingerprint density at radius 2 is 1.78 bits per heavy atom. The molecule has 0 aliphatic rings. The Bertz CT molecular complexity index is 1780. The maximum atomic E-state index is 13.4. The molecule has 7 nitrogen and oxygen atoms in total. The summed E-state index contributed by atoms with van der Waals surface area (Å²) in [6, 6.07) is 25.2. The van der Waals surface area contributed by atoms with E-state index in [-0.39, 0.29) is 5.75 Å². The van der Waals surface area contributed by atoms with Gasteiger partial charge in [0.2, 0.25) is 0 Å². The number of aromatic nitrogens is 1. The summed E-state index contributed by atoms with van der Waals surface area (Å²) in [6.07, 6.45) is 2.28. The van der Waals surface area contributed by atoms with Crippen LogP contribution in [0.5, 0.6) is 11.5 Å². The summed E-state index contributed by atoms with van der Waals surface area (Å²) < 4.78 is 11.8. The van der Waals surface area contributed by atoms with Crippen molar-refractivity contribution in [3.63, 3.8) is 0 Å². The molecule has 0 saturated carbocycles. The monoisotopic (exact) mass is 629 g/mol. The standard InChI is InChI=1S/C32H25BrClN3O4/c1-3-20-7-6-9-24-28(23-8-4-5-10-25(23)34)30(36-29(20)24)31(38)37-35-18-19-11-16-26(27(17-19)40-2)41-32(39)21-12-14-22(33)15-13-21/h4-18,36H,3H2,1-2H3,(H,37,38). The minimum atomic E-state index is -0.511. The maximum absolute atomic E-state index is 13.4. The largest absolute Gasteiger partial charge is 0.493 e. The Labute approximate surface area is 250 Å². The van der Waals surface area contributed by atoms with Crippen LogP contribution in [0.2, 0.25) is 5.02 Å². The number of esters is 1. The second kappa shape index (κ2) is 12.4. The molecule has 41 heavy (non-hydrogen) atoms. The normalized spacial score (nSPS) is 11.1. The van der Waals surface area contributed by atoms with Crippen molar-refractivity contribution in [3.05, 3.63) is 117 Å². The summed E-state index contributed by atoms with van der Waals surface area (Å²) >= 11 is 9.89. The van der Waals surface area contributed by atoms with E-state index in [2.05, 4.69) is 38.4 Å². The molecule has 0 fully saturated rings. The van der Waals surface area contributed by atoms with Gasteiger partial charge in [0, 0.05) is 31.5 Å². The van der Waals surface area contributed by atoms with E-state index < -0.39 is 11.9 Å². The van der Waals surface area contributed by atoms with Crippen LogP contribution in [0, 0.1) is 0 Å². The van der Waals surface area contributed by atoms with Gasteiger partial charge < -0.3 is 14.5 Å². The van der Waals surface area contributed by atoms with Gasteiger partial charge in [-0.25, -0.2) is 10.2 Å². The minimum absolute atomic E-state index is 0.260. The number of nitrogens with zero attached hydrogens (tertiary/aromatic N) is 1. The molecule has 0 bridgehead atoms. The van der Waals surface area contributed by atoms with E-state index in [4.69, 9.17) is 21.1 Å². The summed E-state index contributed by atoms with van der Waals surface area (Å²) in [7, 11) is 1.48. The SMILES string of the molecule is CCc1cccc2c(-c3ccccc3Cl)c(C(=O)NN=Cc3ccc(OC(=O)c4ccc(Br)cc4)c(OC)c3)[nH]c12. The molecule has 0 saturated heterocycles. The quantitative estimate of drug-likeness (QED) is 0.0792. The second-order valence-corrected chi connectivity index (χ2v) is 10.4. The summed E-state index contributed by atoms with van der Waals surface area (Å²) in [6.45, 7) is 2.07. The highest BCUT2D eigenvalue weighted by Gasteiger charge is 2.22. The molecule has 0 aliphatic heterocycles. The van der Waals surface area contributed by atoms with Gasteiger partial charge >= 0.3 is 5.97 Å². The Morgan fingerprint density at radius 3 is 2.51 bits per heavy atom. The maximum Gasteiger partial charge on any atom is 0.343 e. The number of carbonyl (C=O) groups is 2. The number of hydrogen-bond donors (Lipinski definition) is 2. The molecule has 0 unspecified atom stereocenters. The summed E-state index contributed by atoms with van der Waals surface area (Å²) in [4.78, 5) is 29.2. The van der Waals surface area contributed by atoms with Crippen LogP contribution in [-0.2, 0) is 6.42 Å². The fourth-order valence-corrected chi connectivity index (χ4v) is 5.00. The highest BCUT2D eigenvalue weighted by atomic mass is 79.9. The van der Waals surface area contributed by atoms with E-state index >= 15 is 0 Å². The fraction of sp³-hybridized carbons (Fsp3) is 0.0938. The average Bonchev–Trinajstić information content (AvgIpc) is 3.38. The van der Waals surface area contributed by atoms with Crippen molar-refractivity contribution in [2.75, 3.05) is 7.11 Å². The fourth-order valence-electron chi connectivity index (χ4n) is 4.50. The highest BCUT2D eigenvalue weighted by Crippen LogP contribution is 2.37. The van der Waals surface area contributed by atoms with Crippen LogP contribution in [0.4, 0.5) is 0 Å². The molecule has 0 aliphatic carbocycles. The van der Waals surface area contributed by atoms with E-state index in [0.717, 1.165) is 32.9 Å². The van der Waals surface area contributed by atoms with E-state index in [1.165, 1.54) is 13.3 Å². The van der Waals surface area contributed by atoms with E-state index in [1.807, 2.05) is 36.4 Å². The third kappa shape index (κ3) is 6.04. The third-order valence-corrected chi connectivity index (χ3v) is 7.38. The van der Waals surface area contributed by atoms with Crippen molar-refractivity contribution in [2.45, 2.75) is 13.3 Å². The van der Waals surface area contributed by atoms with Gasteiger partial charge in [-0.3, -0.25) is 4.79 Å². The van der Waals surface area contributed by atoms with Gasteiger partial charge in [-0.05, 0) is 66.1 Å². The lowest BCUT2D eigenvalue weighted by Gasteiger charge is -2.10. The summed E-state index contributed by atoms with van der Waals surface area (Å²) in [5, 5.41) is 5.61. The molecule has 5 aromatic rings. The van der Waals surface area contributed by atoms with Crippen molar-refractivity contribution >= 4 is 56.5 Å². The molecule has 4 aromatic carbocycles. The van der Waals surface area contributed by atoms with Gasteiger partial charge in [-0.15, -0.1) is 0 Å². The molecule has 206 valence electrons. The zero-order chi connectivity index (χ0) is 28.9. The van der Waals surface area contributed by atoms with Crippen LogP contribution in [0.1, 0.15) is 38.9 Å². The Morgan fingerprint density at radius 1 is 1.00 bits per heavy atom. The van der Waals surface area contributed by atoms with Crippen molar-refractivity contribution in [1.82, 2.24) is 10.4 Å². The smallest absolute Gasteiger partial charge is 0.343 e. The van der Waals surface area contributed by atoms with Gasteiger partial charge in [-0.1, -0.05) is 70.9 Å². The molecular formula is C32H25BrClN3O4. The van der Waals surface area contributed by atoms with Gasteiger partial charge in [-0.2, -0.15) is 5.10 Å². The predicted octanol–water partition coefficient (Wildman–Crippen LogP) is 7.80. The number of ether oxygens (including phenoxy) is 2. The number of H-pyrrole nitrogens is 1. The van der Waals surface area contributed by atoms with Crippen molar-refractivity contribution < 1.29 is 19.1 Å². The zero-order valence-corrected chi connectivity index (χ0v) is 24.5. The second-order valence-electron chi connectivity index (χ2n) is 9.05. The van der Waals surface area contributed by atoms with Crippen LogP contribution in [0.15, 0.2) is 94.5 Å². The molecule has 1 heterocycles. The number of rotatable bonds is 8. The lowest BCUT2D eigenvalue weighted by Crippen LogP contribution is -2.19. The molecule has 1 amide bonds. The van der Waals surface area contributed by atoms with Gasteiger partial charge in [0.15, 0.2) is 11.5 Å². The lowest BCUT2D eigenvalue weighted by atomic mass is 9.99. The molecule has 2 N–H and O–H groups in total. The Balaban J connectivity index is 1.38. The first kappa shape index (κ1) is 28.1. The lowest BCUT2D eigenvalue weighted by molar-refractivity contribution is 0.0729. The highest BCUT2D eigenvalue weighted by molar-refractivity contribution is 9.10. The number of hydrogen-bond acceptors (Lipinski definition) is 5. The van der Waals surface area contributed by atoms with E-state index in [9.17, 15) is 9.59 Å². The number of hydrazone groups is 1. The zero-order valence-electron chi connectivity index (χ0n) is 22.2. The Kier molecular flexibility index (Phi) is 8.52. The van der Waals surface area contributed by atoms with Crippen LogP contribution in [-0.4, -0.2) is 30.2 Å². The van der Waals surface area contributed by atoms with Crippen molar-refractivity contribution in [2.24, 2.45) is 5.10 Å². The Hall–Kier alpha value is -4.40. The number of nitrogens with one attached hydrogen (secondary N) is 2. The molecule has 5 rings (SSSR count). The van der Waals surface area contributed by atoms with Crippen LogP contribution in [0.3, 0.4) is 0 Å². The van der Waals surface area contributed by atoms with Gasteiger partial charge in [0.05, 0.1) is 18.9 Å². The summed E-state index contributed by atoms with van der Waals surface area (Å²) in [5.74, 6) is -0.324. The average molecular weight is 631 g/mol. The summed E-state index contributed by atoms with van der Waals surface area (Å²) in [5.41, 5.74) is 7.45. The molecule has 9 heteroatoms. The molecular weight excluding hydrogens is 606 g/mol. The molecule has 0 radical (unpaired) electrons. The van der Waals surface area contributed by atoms with Crippen molar-refractivity contribution in [1.29, 1.82) is 0 Å². The van der Waals surface area contributed by atoms with Crippen LogP contribution >= 0.6 is 27.5 Å². The third-order valence-electron chi connectivity index (χ3n) is 6.52. The number of aryl methyl sites for hydroxylation is 1. The minimum Gasteiger partial charge on any atom is -0.493 e. The first-order valence-corrected chi connectivity index (χ1v) is 13.9. The number of aromatic amines is 1. The van der Waals surface area contributed by atoms with E-state index in [0.29, 0.717) is 33.2 Å².